The Morgan fingerprint density at radius 2 is 2.00 bits per heavy atom. The lowest BCUT2D eigenvalue weighted by molar-refractivity contribution is 0.0955. The number of anilines is 1. The Kier molecular flexibility index (Phi) is 4.64. The Hall–Kier alpha value is -2.00. The molecule has 2 rings (SSSR count). The lowest BCUT2D eigenvalue weighted by Crippen LogP contribution is -2.26. The first-order valence-electron chi connectivity index (χ1n) is 6.45. The minimum Gasteiger partial charge on any atom is -0.398 e. The predicted octanol–water partition coefficient (Wildman–Crippen LogP) is 3.20. The maximum absolute atomic E-state index is 12.0. The fourth-order valence-corrected chi connectivity index (χ4v) is 2.19. The first-order valence-corrected chi connectivity index (χ1v) is 6.83. The molecule has 104 valence electrons. The van der Waals surface area contributed by atoms with E-state index in [0.717, 1.165) is 6.42 Å². The summed E-state index contributed by atoms with van der Waals surface area (Å²) in [4.78, 5) is 12.0. The number of nitrogens with one attached hydrogen (secondary N) is 1. The fourth-order valence-electron chi connectivity index (χ4n) is 2.02. The molecule has 0 radical (unpaired) electrons. The molecule has 4 heteroatoms. The van der Waals surface area contributed by atoms with E-state index < -0.39 is 0 Å². The van der Waals surface area contributed by atoms with E-state index in [1.807, 2.05) is 12.1 Å². The summed E-state index contributed by atoms with van der Waals surface area (Å²) in [7, 11) is 0. The van der Waals surface area contributed by atoms with Gasteiger partial charge in [-0.3, -0.25) is 4.79 Å². The van der Waals surface area contributed by atoms with E-state index in [0.29, 0.717) is 22.8 Å². The van der Waals surface area contributed by atoms with Crippen LogP contribution in [0.3, 0.4) is 0 Å². The first-order chi connectivity index (χ1) is 9.58. The van der Waals surface area contributed by atoms with Crippen molar-refractivity contribution in [1.82, 2.24) is 5.32 Å². The second-order valence-electron chi connectivity index (χ2n) is 4.66. The van der Waals surface area contributed by atoms with Gasteiger partial charge in [-0.2, -0.15) is 0 Å². The molecule has 3 nitrogen and oxygen atoms in total. The van der Waals surface area contributed by atoms with Gasteiger partial charge in [-0.15, -0.1) is 0 Å². The minimum absolute atomic E-state index is 0.196. The number of nitrogens with two attached hydrogens (primary N) is 1. The molecule has 0 spiro atoms. The normalized spacial score (nSPS) is 10.3. The Labute approximate surface area is 123 Å². The van der Waals surface area contributed by atoms with Gasteiger partial charge in [0.1, 0.15) is 0 Å². The number of carbonyl (C=O) groups excluding carboxylic acids is 1. The summed E-state index contributed by atoms with van der Waals surface area (Å²) in [6.45, 7) is 2.63. The van der Waals surface area contributed by atoms with Crippen molar-refractivity contribution in [3.63, 3.8) is 0 Å². The Balaban J connectivity index is 1.96. The van der Waals surface area contributed by atoms with E-state index in [4.69, 9.17) is 17.3 Å². The van der Waals surface area contributed by atoms with E-state index in [9.17, 15) is 4.79 Å². The van der Waals surface area contributed by atoms with E-state index >= 15 is 0 Å². The van der Waals surface area contributed by atoms with E-state index in [-0.39, 0.29) is 5.91 Å². The summed E-state index contributed by atoms with van der Waals surface area (Å²) < 4.78 is 0. The molecule has 0 fully saturated rings. The van der Waals surface area contributed by atoms with Gasteiger partial charge < -0.3 is 11.1 Å². The number of hydrogen-bond acceptors (Lipinski definition) is 2. The fraction of sp³-hybridized carbons (Fsp3) is 0.188. The Bertz CT molecular complexity index is 626. The molecule has 2 aromatic carbocycles. The van der Waals surface area contributed by atoms with Gasteiger partial charge in [-0.1, -0.05) is 35.9 Å². The average molecular weight is 289 g/mol. The lowest BCUT2D eigenvalue weighted by Gasteiger charge is -2.09. The van der Waals surface area contributed by atoms with Crippen molar-refractivity contribution in [2.24, 2.45) is 0 Å². The van der Waals surface area contributed by atoms with Gasteiger partial charge in [0, 0.05) is 17.3 Å². The van der Waals surface area contributed by atoms with Crippen LogP contribution in [0.5, 0.6) is 0 Å². The smallest absolute Gasteiger partial charge is 0.253 e. The van der Waals surface area contributed by atoms with E-state index in [2.05, 4.69) is 24.4 Å². The molecule has 1 amide bonds. The molecule has 0 aliphatic heterocycles. The van der Waals surface area contributed by atoms with Crippen molar-refractivity contribution in [3.8, 4) is 0 Å². The molecule has 0 saturated heterocycles. The van der Waals surface area contributed by atoms with Crippen LogP contribution < -0.4 is 11.1 Å². The molecule has 0 bridgehead atoms. The Morgan fingerprint density at radius 1 is 1.25 bits per heavy atom. The van der Waals surface area contributed by atoms with Crippen LogP contribution >= 0.6 is 11.6 Å². The predicted molar refractivity (Wildman–Crippen MR) is 83.1 cm³/mol. The van der Waals surface area contributed by atoms with E-state index in [1.165, 1.54) is 11.1 Å². The second kappa shape index (κ2) is 6.44. The second-order valence-corrected chi connectivity index (χ2v) is 5.10. The van der Waals surface area contributed by atoms with Crippen molar-refractivity contribution < 1.29 is 4.79 Å². The number of rotatable bonds is 4. The first kappa shape index (κ1) is 14.4. The van der Waals surface area contributed by atoms with Crippen LogP contribution in [0.25, 0.3) is 0 Å². The molecule has 0 aliphatic carbocycles. The third-order valence-corrected chi connectivity index (χ3v) is 3.44. The number of aryl methyl sites for hydroxylation is 1. The maximum Gasteiger partial charge on any atom is 0.253 e. The highest BCUT2D eigenvalue weighted by Gasteiger charge is 2.09. The molecular formula is C16H17ClN2O. The van der Waals surface area contributed by atoms with Crippen molar-refractivity contribution in [2.45, 2.75) is 13.3 Å². The van der Waals surface area contributed by atoms with Crippen molar-refractivity contribution in [3.05, 3.63) is 64.2 Å². The highest BCUT2D eigenvalue weighted by molar-refractivity contribution is 6.31. The lowest BCUT2D eigenvalue weighted by atomic mass is 10.1. The molecular weight excluding hydrogens is 272 g/mol. The van der Waals surface area contributed by atoms with Gasteiger partial charge in [-0.05, 0) is 42.7 Å². The third-order valence-electron chi connectivity index (χ3n) is 3.20. The molecule has 2 aromatic rings. The van der Waals surface area contributed by atoms with Gasteiger partial charge >= 0.3 is 0 Å². The van der Waals surface area contributed by atoms with Crippen LogP contribution in [-0.4, -0.2) is 12.5 Å². The van der Waals surface area contributed by atoms with Crippen LogP contribution in [0.1, 0.15) is 21.5 Å². The monoisotopic (exact) mass is 288 g/mol. The number of amides is 1. The number of nitrogen functional groups attached to an aromatic ring is 1. The van der Waals surface area contributed by atoms with Crippen molar-refractivity contribution in [1.29, 1.82) is 0 Å². The maximum atomic E-state index is 12.0. The molecule has 0 aromatic heterocycles. The zero-order valence-corrected chi connectivity index (χ0v) is 12.1. The largest absolute Gasteiger partial charge is 0.398 e. The van der Waals surface area contributed by atoms with Gasteiger partial charge in [0.15, 0.2) is 0 Å². The molecule has 0 atom stereocenters. The molecule has 0 unspecified atom stereocenters. The van der Waals surface area contributed by atoms with Crippen LogP contribution in [-0.2, 0) is 6.42 Å². The molecule has 0 saturated carbocycles. The highest BCUT2D eigenvalue weighted by Crippen LogP contribution is 2.17. The third kappa shape index (κ3) is 3.52. The molecule has 0 heterocycles. The van der Waals surface area contributed by atoms with Crippen LogP contribution in [0.2, 0.25) is 5.02 Å². The molecule has 0 aliphatic rings. The summed E-state index contributed by atoms with van der Waals surface area (Å²) >= 11 is 5.88. The van der Waals surface area contributed by atoms with Crippen molar-refractivity contribution in [2.75, 3.05) is 12.3 Å². The SMILES string of the molecule is Cc1ccccc1CCNC(=O)c1cc(Cl)ccc1N. The topological polar surface area (TPSA) is 55.1 Å². The van der Waals surface area contributed by atoms with Crippen LogP contribution in [0, 0.1) is 6.92 Å². The number of halogens is 1. The van der Waals surface area contributed by atoms with Gasteiger partial charge in [0.05, 0.1) is 5.56 Å². The summed E-state index contributed by atoms with van der Waals surface area (Å²) in [5, 5.41) is 3.37. The average Bonchev–Trinajstić information content (AvgIpc) is 2.43. The highest BCUT2D eigenvalue weighted by atomic mass is 35.5. The Morgan fingerprint density at radius 3 is 2.75 bits per heavy atom. The summed E-state index contributed by atoms with van der Waals surface area (Å²) in [6.07, 6.45) is 0.791. The molecule has 3 N–H and O–H groups in total. The zero-order valence-electron chi connectivity index (χ0n) is 11.3. The number of carbonyl (C=O) groups is 1. The van der Waals surface area contributed by atoms with Gasteiger partial charge in [0.25, 0.3) is 5.91 Å². The molecule has 20 heavy (non-hydrogen) atoms. The quantitative estimate of drug-likeness (QED) is 0.849. The van der Waals surface area contributed by atoms with Crippen LogP contribution in [0.4, 0.5) is 5.69 Å². The minimum atomic E-state index is -0.196. The zero-order chi connectivity index (χ0) is 14.5. The summed E-state index contributed by atoms with van der Waals surface area (Å²) in [5.41, 5.74) is 9.08. The summed E-state index contributed by atoms with van der Waals surface area (Å²) in [5.74, 6) is -0.196. The number of hydrogen-bond donors (Lipinski definition) is 2. The number of benzene rings is 2. The van der Waals surface area contributed by atoms with Crippen LogP contribution in [0.15, 0.2) is 42.5 Å². The summed E-state index contributed by atoms with van der Waals surface area (Å²) in [6, 6.07) is 13.0. The van der Waals surface area contributed by atoms with Gasteiger partial charge in [0.2, 0.25) is 0 Å². The van der Waals surface area contributed by atoms with E-state index in [1.54, 1.807) is 18.2 Å². The van der Waals surface area contributed by atoms with Crippen molar-refractivity contribution >= 4 is 23.2 Å². The standard InChI is InChI=1S/C16H17ClN2O/c1-11-4-2-3-5-12(11)8-9-19-16(20)14-10-13(17)6-7-15(14)18/h2-7,10H,8-9,18H2,1H3,(H,19,20). The van der Waals surface area contributed by atoms with Gasteiger partial charge in [-0.25, -0.2) is 0 Å².